The Balaban J connectivity index is 1.53. The van der Waals surface area contributed by atoms with Crippen molar-refractivity contribution in [1.29, 1.82) is 0 Å². The number of anilines is 1. The van der Waals surface area contributed by atoms with Gasteiger partial charge in [-0.2, -0.15) is 0 Å². The van der Waals surface area contributed by atoms with Crippen molar-refractivity contribution in [2.24, 2.45) is 0 Å². The van der Waals surface area contributed by atoms with Crippen LogP contribution in [0.25, 0.3) is 0 Å². The Hall–Kier alpha value is -2.53. The third-order valence-electron chi connectivity index (χ3n) is 6.12. The predicted octanol–water partition coefficient (Wildman–Crippen LogP) is 7.07. The highest BCUT2D eigenvalue weighted by Crippen LogP contribution is 2.30. The molecule has 1 aromatic heterocycles. The number of aryl methyl sites for hydroxylation is 1. The summed E-state index contributed by atoms with van der Waals surface area (Å²) < 4.78 is 0. The second-order valence-electron chi connectivity index (χ2n) is 8.59. The molecule has 4 bridgehead atoms. The Labute approximate surface area is 194 Å². The number of hydrogen-bond donors (Lipinski definition) is 1. The molecule has 0 saturated heterocycles. The van der Waals surface area contributed by atoms with Gasteiger partial charge in [-0.1, -0.05) is 75.3 Å². The lowest BCUT2D eigenvalue weighted by molar-refractivity contribution is 0.102. The van der Waals surface area contributed by atoms with E-state index in [0.29, 0.717) is 5.69 Å². The molecule has 3 aliphatic rings. The zero-order valence-corrected chi connectivity index (χ0v) is 19.6. The summed E-state index contributed by atoms with van der Waals surface area (Å²) in [6, 6.07) is 8.11. The zero-order chi connectivity index (χ0) is 22.0. The number of rotatable bonds is 0. The van der Waals surface area contributed by atoms with Crippen LogP contribution >= 0.6 is 10.5 Å². The molecule has 0 spiro atoms. The summed E-state index contributed by atoms with van der Waals surface area (Å²) in [5.74, 6) is -0.199. The summed E-state index contributed by atoms with van der Waals surface area (Å²) in [5, 5.41) is 8.30. The molecule has 1 unspecified atom stereocenters. The van der Waals surface area contributed by atoms with Crippen LogP contribution in [0.2, 0.25) is 0 Å². The summed E-state index contributed by atoms with van der Waals surface area (Å²) in [7, 11) is -0.249. The minimum Gasteiger partial charge on any atom is -0.320 e. The fraction of sp³-hybridized carbons (Fsp3) is 0.407. The van der Waals surface area contributed by atoms with Crippen LogP contribution in [0.1, 0.15) is 80.3 Å². The van der Waals surface area contributed by atoms with E-state index in [-0.39, 0.29) is 16.4 Å². The molecule has 32 heavy (non-hydrogen) atoms. The Morgan fingerprint density at radius 1 is 0.844 bits per heavy atom. The molecule has 4 nitrogen and oxygen atoms in total. The summed E-state index contributed by atoms with van der Waals surface area (Å²) in [6.45, 7) is 0. The maximum Gasteiger partial charge on any atom is 0.275 e. The number of hydrogen-bond acceptors (Lipinski definition) is 3. The van der Waals surface area contributed by atoms with E-state index in [0.717, 1.165) is 30.0 Å². The average molecular weight is 448 g/mol. The maximum absolute atomic E-state index is 12.9. The van der Waals surface area contributed by atoms with Crippen LogP contribution in [0.4, 0.5) is 5.69 Å². The van der Waals surface area contributed by atoms with Gasteiger partial charge in [0.25, 0.3) is 5.91 Å². The van der Waals surface area contributed by atoms with E-state index in [1.807, 2.05) is 18.2 Å². The third-order valence-corrected chi connectivity index (χ3v) is 7.66. The van der Waals surface area contributed by atoms with Crippen molar-refractivity contribution in [3.63, 3.8) is 0 Å². The van der Waals surface area contributed by atoms with Gasteiger partial charge >= 0.3 is 0 Å². The van der Waals surface area contributed by atoms with E-state index in [4.69, 9.17) is 0 Å². The zero-order valence-electron chi connectivity index (χ0n) is 18.8. The molecular formula is C27H33N3OS. The second-order valence-corrected chi connectivity index (χ2v) is 10.3. The average Bonchev–Trinajstić information content (AvgIpc) is 2.83. The van der Waals surface area contributed by atoms with Crippen molar-refractivity contribution in [1.82, 2.24) is 9.97 Å². The van der Waals surface area contributed by atoms with Gasteiger partial charge < -0.3 is 5.32 Å². The van der Waals surface area contributed by atoms with Gasteiger partial charge in [0.2, 0.25) is 0 Å². The molecule has 168 valence electrons. The van der Waals surface area contributed by atoms with E-state index < -0.39 is 0 Å². The van der Waals surface area contributed by atoms with Crippen molar-refractivity contribution in [3.8, 4) is 0 Å². The molecule has 1 amide bonds. The molecule has 1 N–H and O–H groups in total. The van der Waals surface area contributed by atoms with Gasteiger partial charge in [-0.05, 0) is 53.7 Å². The first-order chi connectivity index (χ1) is 15.8. The summed E-state index contributed by atoms with van der Waals surface area (Å²) in [4.78, 5) is 21.9. The molecule has 5 heteroatoms. The number of fused-ring (bicyclic) bond motifs is 12. The van der Waals surface area contributed by atoms with E-state index in [1.54, 1.807) is 12.4 Å². The lowest BCUT2D eigenvalue weighted by Gasteiger charge is -2.12. The maximum atomic E-state index is 12.9. The Kier molecular flexibility index (Phi) is 8.43. The predicted molar refractivity (Wildman–Crippen MR) is 135 cm³/mol. The molecule has 0 fully saturated rings. The standard InChI is InChI=1S/C27H33N3OS/c31-27-25-20-28-21-26(29-25)32-18-16-22(17-19-32)12-8-6-4-2-1-3-5-7-9-13-23-14-10-11-15-24(23)30-27/h10-11,14-21H,1-9,12-13H2,(H,30,31). The van der Waals surface area contributed by atoms with Gasteiger partial charge in [-0.25, -0.2) is 4.98 Å². The quantitative estimate of drug-likeness (QED) is 0.439. The number of allylic oxidation sites excluding steroid dienone is 3. The largest absolute Gasteiger partial charge is 0.320 e. The van der Waals surface area contributed by atoms with E-state index >= 15 is 0 Å². The van der Waals surface area contributed by atoms with E-state index in [2.05, 4.69) is 44.3 Å². The summed E-state index contributed by atoms with van der Waals surface area (Å²) >= 11 is 0. The Bertz CT molecular complexity index is 1030. The van der Waals surface area contributed by atoms with Gasteiger partial charge in [-0.3, -0.25) is 9.78 Å². The van der Waals surface area contributed by atoms with Crippen LogP contribution in [-0.4, -0.2) is 21.2 Å². The first-order valence-corrected chi connectivity index (χ1v) is 13.3. The molecule has 4 heterocycles. The lowest BCUT2D eigenvalue weighted by atomic mass is 10.0. The van der Waals surface area contributed by atoms with E-state index in [9.17, 15) is 4.79 Å². The van der Waals surface area contributed by atoms with Gasteiger partial charge in [0.1, 0.15) is 10.7 Å². The fourth-order valence-electron chi connectivity index (χ4n) is 4.23. The van der Waals surface area contributed by atoms with Crippen molar-refractivity contribution in [3.05, 3.63) is 71.0 Å². The number of carbonyl (C=O) groups is 1. The smallest absolute Gasteiger partial charge is 0.275 e. The molecule has 1 atom stereocenters. The Morgan fingerprint density at radius 3 is 2.31 bits per heavy atom. The fourth-order valence-corrected chi connectivity index (χ4v) is 5.63. The number of nitrogens with zero attached hydrogens (tertiary/aromatic N) is 2. The molecular weight excluding hydrogens is 414 g/mol. The molecule has 0 aliphatic carbocycles. The van der Waals surface area contributed by atoms with Crippen molar-refractivity contribution >= 4 is 27.4 Å². The highest BCUT2D eigenvalue weighted by Gasteiger charge is 2.13. The number of benzene rings is 1. The monoisotopic (exact) mass is 447 g/mol. The van der Waals surface area contributed by atoms with Gasteiger partial charge in [-0.15, -0.1) is 10.5 Å². The van der Waals surface area contributed by atoms with Crippen LogP contribution in [0.15, 0.2) is 64.8 Å². The first kappa shape index (κ1) is 22.7. The summed E-state index contributed by atoms with van der Waals surface area (Å²) in [5.41, 5.74) is 3.82. The highest BCUT2D eigenvalue weighted by atomic mass is 32.2. The minimum absolute atomic E-state index is 0.199. The normalized spacial score (nSPS) is 20.7. The number of para-hydroxylation sites is 1. The lowest BCUT2D eigenvalue weighted by Crippen LogP contribution is -2.15. The van der Waals surface area contributed by atoms with Gasteiger partial charge in [0.15, 0.2) is 0 Å². The third kappa shape index (κ3) is 6.49. The SMILES string of the molecule is O=C1Nc2ccccc2CCCCCCCCCCCC2=CC=S(C=C2)c2cncc1n2. The Morgan fingerprint density at radius 2 is 1.56 bits per heavy atom. The molecule has 0 radical (unpaired) electrons. The molecule has 1 aromatic carbocycles. The topological polar surface area (TPSA) is 54.9 Å². The van der Waals surface area contributed by atoms with Crippen LogP contribution in [0.3, 0.4) is 0 Å². The highest BCUT2D eigenvalue weighted by molar-refractivity contribution is 8.17. The second kappa shape index (κ2) is 11.9. The molecule has 5 rings (SSSR count). The number of carbonyl (C=O) groups excluding carboxylic acids is 1. The molecule has 0 saturated carbocycles. The number of amides is 1. The van der Waals surface area contributed by atoms with Crippen LogP contribution in [-0.2, 0) is 6.42 Å². The van der Waals surface area contributed by atoms with Crippen LogP contribution in [0, 0.1) is 0 Å². The first-order valence-electron chi connectivity index (χ1n) is 11.9. The summed E-state index contributed by atoms with van der Waals surface area (Å²) in [6.07, 6.45) is 21.5. The molecule has 2 aromatic rings. The van der Waals surface area contributed by atoms with Crippen molar-refractivity contribution in [2.45, 2.75) is 75.7 Å². The van der Waals surface area contributed by atoms with Crippen molar-refractivity contribution < 1.29 is 4.79 Å². The minimum atomic E-state index is -0.249. The van der Waals surface area contributed by atoms with Crippen LogP contribution < -0.4 is 5.32 Å². The van der Waals surface area contributed by atoms with Crippen molar-refractivity contribution in [2.75, 3.05) is 5.32 Å². The molecule has 3 aliphatic heterocycles. The van der Waals surface area contributed by atoms with Gasteiger partial charge in [0.05, 0.1) is 12.4 Å². The van der Waals surface area contributed by atoms with Crippen LogP contribution in [0.5, 0.6) is 0 Å². The number of nitrogens with one attached hydrogen (secondary N) is 1. The van der Waals surface area contributed by atoms with E-state index in [1.165, 1.54) is 62.5 Å². The number of aromatic nitrogens is 2. The van der Waals surface area contributed by atoms with Gasteiger partial charge in [0, 0.05) is 5.69 Å².